The smallest absolute Gasteiger partial charge is 0.159 e. The van der Waals surface area contributed by atoms with Gasteiger partial charge >= 0.3 is 0 Å². The van der Waals surface area contributed by atoms with E-state index in [1.54, 1.807) is 6.07 Å². The molecule has 2 N–H and O–H groups in total. The van der Waals surface area contributed by atoms with Crippen LogP contribution in [-0.2, 0) is 10.2 Å². The van der Waals surface area contributed by atoms with Gasteiger partial charge < -0.3 is 10.5 Å². The fraction of sp³-hybridized carbons (Fsp3) is 0.538. The van der Waals surface area contributed by atoms with E-state index in [0.29, 0.717) is 19.8 Å². The summed E-state index contributed by atoms with van der Waals surface area (Å²) in [6, 6.07) is 4.09. The van der Waals surface area contributed by atoms with Crippen molar-refractivity contribution in [2.45, 2.75) is 18.8 Å². The van der Waals surface area contributed by atoms with Gasteiger partial charge in [0.25, 0.3) is 0 Å². The molecule has 0 amide bonds. The maximum Gasteiger partial charge on any atom is 0.159 e. The van der Waals surface area contributed by atoms with Gasteiger partial charge in [-0.3, -0.25) is 0 Å². The summed E-state index contributed by atoms with van der Waals surface area (Å²) in [6.07, 6.45) is 0.902. The fourth-order valence-corrected chi connectivity index (χ4v) is 2.55. The van der Waals surface area contributed by atoms with Crippen LogP contribution in [0.1, 0.15) is 18.9 Å². The van der Waals surface area contributed by atoms with Gasteiger partial charge in [0.2, 0.25) is 0 Å². The zero-order valence-electron chi connectivity index (χ0n) is 9.88. The van der Waals surface area contributed by atoms with Crippen molar-refractivity contribution in [2.75, 3.05) is 19.8 Å². The molecule has 1 unspecified atom stereocenters. The van der Waals surface area contributed by atoms with Crippen LogP contribution >= 0.6 is 0 Å². The van der Waals surface area contributed by atoms with E-state index in [1.165, 1.54) is 12.1 Å². The van der Waals surface area contributed by atoms with Gasteiger partial charge in [-0.2, -0.15) is 0 Å². The number of halogens is 2. The van der Waals surface area contributed by atoms with E-state index in [2.05, 4.69) is 6.92 Å². The summed E-state index contributed by atoms with van der Waals surface area (Å²) in [6.45, 7) is 3.65. The van der Waals surface area contributed by atoms with E-state index in [0.717, 1.165) is 12.0 Å². The van der Waals surface area contributed by atoms with Crippen molar-refractivity contribution in [2.24, 2.45) is 11.7 Å². The fourth-order valence-electron chi connectivity index (χ4n) is 2.55. The molecule has 1 atom stereocenters. The Hall–Kier alpha value is -1.00. The summed E-state index contributed by atoms with van der Waals surface area (Å²) in [5.74, 6) is -1.38. The van der Waals surface area contributed by atoms with Gasteiger partial charge in [-0.15, -0.1) is 0 Å². The van der Waals surface area contributed by atoms with Crippen LogP contribution in [0.5, 0.6) is 0 Å². The topological polar surface area (TPSA) is 35.2 Å². The molecule has 0 aromatic heterocycles. The molecule has 1 aliphatic rings. The van der Waals surface area contributed by atoms with Crippen molar-refractivity contribution in [1.29, 1.82) is 0 Å². The summed E-state index contributed by atoms with van der Waals surface area (Å²) >= 11 is 0. The molecule has 2 nitrogen and oxygen atoms in total. The Labute approximate surface area is 99.8 Å². The Morgan fingerprint density at radius 1 is 1.35 bits per heavy atom. The molecule has 1 aromatic carbocycles. The maximum absolute atomic E-state index is 13.3. The molecule has 0 aliphatic carbocycles. The van der Waals surface area contributed by atoms with Crippen molar-refractivity contribution >= 4 is 0 Å². The van der Waals surface area contributed by atoms with Crippen LogP contribution < -0.4 is 5.73 Å². The molecule has 1 heterocycles. The van der Waals surface area contributed by atoms with E-state index >= 15 is 0 Å². The second-order valence-corrected chi connectivity index (χ2v) is 4.62. The highest BCUT2D eigenvalue weighted by atomic mass is 19.2. The monoisotopic (exact) mass is 241 g/mol. The molecule has 94 valence electrons. The zero-order chi connectivity index (χ0) is 12.5. The van der Waals surface area contributed by atoms with Crippen LogP contribution in [0.2, 0.25) is 0 Å². The summed E-state index contributed by atoms with van der Waals surface area (Å²) < 4.78 is 31.5. The van der Waals surface area contributed by atoms with Crippen LogP contribution in [0, 0.1) is 17.6 Å². The zero-order valence-corrected chi connectivity index (χ0v) is 9.88. The number of rotatable bonds is 4. The highest BCUT2D eigenvalue weighted by molar-refractivity contribution is 5.30. The quantitative estimate of drug-likeness (QED) is 0.877. The third kappa shape index (κ3) is 1.96. The van der Waals surface area contributed by atoms with Crippen LogP contribution in [0.25, 0.3) is 0 Å². The number of nitrogens with two attached hydrogens (primary N) is 1. The maximum atomic E-state index is 13.3. The lowest BCUT2D eigenvalue weighted by Crippen LogP contribution is -2.54. The molecule has 0 spiro atoms. The Balaban J connectivity index is 2.37. The third-order valence-electron chi connectivity index (χ3n) is 3.77. The Morgan fingerprint density at radius 3 is 2.47 bits per heavy atom. The molecular formula is C13H17F2NO. The van der Waals surface area contributed by atoms with Gasteiger partial charge in [0, 0.05) is 5.41 Å². The molecule has 1 saturated heterocycles. The van der Waals surface area contributed by atoms with E-state index in [9.17, 15) is 8.78 Å². The number of hydrogen-bond acceptors (Lipinski definition) is 2. The second kappa shape index (κ2) is 4.70. The number of benzene rings is 1. The molecule has 4 heteroatoms. The van der Waals surface area contributed by atoms with Crippen molar-refractivity contribution in [3.8, 4) is 0 Å². The number of hydrogen-bond donors (Lipinski definition) is 1. The summed E-state index contributed by atoms with van der Waals surface area (Å²) in [7, 11) is 0. The van der Waals surface area contributed by atoms with E-state index in [4.69, 9.17) is 10.5 Å². The second-order valence-electron chi connectivity index (χ2n) is 4.62. The first-order valence-corrected chi connectivity index (χ1v) is 5.87. The lowest BCUT2D eigenvalue weighted by atomic mass is 9.67. The SMILES string of the molecule is CCC(CN)C1(c2ccc(F)c(F)c2)COC1. The first-order chi connectivity index (χ1) is 8.14. The predicted molar refractivity (Wildman–Crippen MR) is 61.7 cm³/mol. The Kier molecular flexibility index (Phi) is 3.45. The standard InChI is InChI=1S/C13H17F2NO/c1-2-9(6-16)13(7-17-8-13)10-3-4-11(14)12(15)5-10/h3-5,9H,2,6-8,16H2,1H3. The highest BCUT2D eigenvalue weighted by Crippen LogP contribution is 2.41. The van der Waals surface area contributed by atoms with Crippen LogP contribution in [0.15, 0.2) is 18.2 Å². The van der Waals surface area contributed by atoms with Gasteiger partial charge in [0.1, 0.15) is 0 Å². The molecule has 17 heavy (non-hydrogen) atoms. The third-order valence-corrected chi connectivity index (χ3v) is 3.77. The minimum atomic E-state index is -0.815. The Morgan fingerprint density at radius 2 is 2.06 bits per heavy atom. The molecule has 0 radical (unpaired) electrons. The van der Waals surface area contributed by atoms with E-state index < -0.39 is 11.6 Å². The lowest BCUT2D eigenvalue weighted by molar-refractivity contribution is -0.0899. The summed E-state index contributed by atoms with van der Waals surface area (Å²) in [4.78, 5) is 0. The van der Waals surface area contributed by atoms with E-state index in [-0.39, 0.29) is 11.3 Å². The summed E-state index contributed by atoms with van der Waals surface area (Å²) in [5, 5.41) is 0. The lowest BCUT2D eigenvalue weighted by Gasteiger charge is -2.47. The molecule has 0 bridgehead atoms. The van der Waals surface area contributed by atoms with Crippen molar-refractivity contribution < 1.29 is 13.5 Å². The molecular weight excluding hydrogens is 224 g/mol. The van der Waals surface area contributed by atoms with Gasteiger partial charge in [-0.1, -0.05) is 19.4 Å². The molecule has 0 saturated carbocycles. The molecule has 1 aromatic rings. The van der Waals surface area contributed by atoms with Crippen molar-refractivity contribution in [1.82, 2.24) is 0 Å². The minimum Gasteiger partial charge on any atom is -0.379 e. The van der Waals surface area contributed by atoms with Gasteiger partial charge in [0.15, 0.2) is 11.6 Å². The van der Waals surface area contributed by atoms with Crippen molar-refractivity contribution in [3.63, 3.8) is 0 Å². The first-order valence-electron chi connectivity index (χ1n) is 5.87. The average Bonchev–Trinajstić information content (AvgIpc) is 2.27. The van der Waals surface area contributed by atoms with Gasteiger partial charge in [-0.25, -0.2) is 8.78 Å². The molecule has 2 rings (SSSR count). The van der Waals surface area contributed by atoms with Crippen LogP contribution in [0.4, 0.5) is 8.78 Å². The van der Waals surface area contributed by atoms with E-state index in [1.807, 2.05) is 0 Å². The summed E-state index contributed by atoms with van der Waals surface area (Å²) in [5.41, 5.74) is 6.31. The number of ether oxygens (including phenoxy) is 1. The van der Waals surface area contributed by atoms with Crippen LogP contribution in [0.3, 0.4) is 0 Å². The van der Waals surface area contributed by atoms with Gasteiger partial charge in [-0.05, 0) is 30.2 Å². The molecule has 1 aliphatic heterocycles. The Bertz CT molecular complexity index is 400. The van der Waals surface area contributed by atoms with Crippen LogP contribution in [-0.4, -0.2) is 19.8 Å². The van der Waals surface area contributed by atoms with Crippen molar-refractivity contribution in [3.05, 3.63) is 35.4 Å². The normalized spacial score (nSPS) is 19.8. The largest absolute Gasteiger partial charge is 0.379 e. The predicted octanol–water partition coefficient (Wildman–Crippen LogP) is 2.22. The highest BCUT2D eigenvalue weighted by Gasteiger charge is 2.45. The minimum absolute atomic E-state index is 0.237. The average molecular weight is 241 g/mol. The first kappa shape index (κ1) is 12.5. The molecule has 1 fully saturated rings. The van der Waals surface area contributed by atoms with Gasteiger partial charge in [0.05, 0.1) is 13.2 Å².